The van der Waals surface area contributed by atoms with Crippen LogP contribution in [0, 0.1) is 0 Å². The van der Waals surface area contributed by atoms with Crippen molar-refractivity contribution in [2.24, 2.45) is 0 Å². The van der Waals surface area contributed by atoms with Crippen molar-refractivity contribution in [3.63, 3.8) is 0 Å². The van der Waals surface area contributed by atoms with Crippen LogP contribution in [0.5, 0.6) is 0 Å². The topological polar surface area (TPSA) is 38.7 Å². The van der Waals surface area contributed by atoms with Gasteiger partial charge in [-0.25, -0.2) is 4.98 Å². The van der Waals surface area contributed by atoms with Crippen LogP contribution in [-0.2, 0) is 0 Å². The second kappa shape index (κ2) is 3.69. The first-order valence-electron chi connectivity index (χ1n) is 3.36. The van der Waals surface area contributed by atoms with Crippen molar-refractivity contribution >= 4 is 38.9 Å². The molecule has 0 bridgehead atoms. The van der Waals surface area contributed by atoms with E-state index in [-0.39, 0.29) is 0 Å². The minimum atomic E-state index is 0.356. The molecule has 2 aromatic heterocycles. The molecular weight excluding hydrogens is 274 g/mol. The summed E-state index contributed by atoms with van der Waals surface area (Å²) in [7, 11) is 0. The Labute approximate surface area is 91.9 Å². The number of aromatic nitrogens is 3. The van der Waals surface area contributed by atoms with Gasteiger partial charge in [0.15, 0.2) is 11.0 Å². The first kappa shape index (κ1) is 9.05. The molecule has 0 saturated heterocycles. The Morgan fingerprint density at radius 3 is 2.85 bits per heavy atom. The minimum absolute atomic E-state index is 0.356. The smallest absolute Gasteiger partial charge is 0.193 e. The molecule has 0 aliphatic rings. The molecule has 13 heavy (non-hydrogen) atoms. The fourth-order valence-corrected chi connectivity index (χ4v) is 2.26. The zero-order valence-electron chi connectivity index (χ0n) is 6.24. The van der Waals surface area contributed by atoms with Gasteiger partial charge in [-0.3, -0.25) is 0 Å². The molecule has 0 N–H and O–H groups in total. The molecule has 0 atom stereocenters. The Bertz CT molecular complexity index is 431. The third-order valence-corrected chi connectivity index (χ3v) is 3.12. The van der Waals surface area contributed by atoms with Gasteiger partial charge < -0.3 is 0 Å². The normalized spacial score (nSPS) is 10.3. The summed E-state index contributed by atoms with van der Waals surface area (Å²) >= 11 is 10.6. The van der Waals surface area contributed by atoms with Gasteiger partial charge in [0.2, 0.25) is 0 Å². The van der Waals surface area contributed by atoms with Crippen molar-refractivity contribution < 1.29 is 0 Å². The highest BCUT2D eigenvalue weighted by Gasteiger charge is 2.05. The monoisotopic (exact) mass is 275 g/mol. The van der Waals surface area contributed by atoms with Crippen molar-refractivity contribution in [1.82, 2.24) is 15.2 Å². The zero-order chi connectivity index (χ0) is 9.26. The highest BCUT2D eigenvalue weighted by atomic mass is 79.9. The lowest BCUT2D eigenvalue weighted by Gasteiger charge is -1.92. The van der Waals surface area contributed by atoms with E-state index in [0.717, 1.165) is 8.66 Å². The number of thiophene rings is 1. The Hall–Kier alpha value is -0.520. The molecule has 2 rings (SSSR count). The summed E-state index contributed by atoms with van der Waals surface area (Å²) < 4.78 is 1.03. The predicted molar refractivity (Wildman–Crippen MR) is 55.9 cm³/mol. The highest BCUT2D eigenvalue weighted by molar-refractivity contribution is 9.11. The summed E-state index contributed by atoms with van der Waals surface area (Å²) in [6, 6.07) is 3.85. The maximum Gasteiger partial charge on any atom is 0.193 e. The number of hydrogen-bond donors (Lipinski definition) is 0. The lowest BCUT2D eigenvalue weighted by atomic mass is 10.4. The first-order valence-corrected chi connectivity index (χ1v) is 5.35. The van der Waals surface area contributed by atoms with Crippen LogP contribution >= 0.6 is 38.9 Å². The van der Waals surface area contributed by atoms with E-state index in [1.165, 1.54) is 6.20 Å². The van der Waals surface area contributed by atoms with Gasteiger partial charge in [-0.05, 0) is 28.1 Å². The van der Waals surface area contributed by atoms with Crippen LogP contribution in [-0.4, -0.2) is 15.2 Å². The van der Waals surface area contributed by atoms with E-state index in [1.54, 1.807) is 11.3 Å². The molecule has 0 fully saturated rings. The molecule has 0 spiro atoms. The van der Waals surface area contributed by atoms with Gasteiger partial charge in [-0.15, -0.1) is 16.4 Å². The van der Waals surface area contributed by atoms with Crippen LogP contribution in [0.15, 0.2) is 22.1 Å². The molecule has 0 aliphatic heterocycles. The van der Waals surface area contributed by atoms with Gasteiger partial charge in [0.25, 0.3) is 0 Å². The maximum atomic E-state index is 5.68. The van der Waals surface area contributed by atoms with E-state index in [9.17, 15) is 0 Å². The summed E-state index contributed by atoms with van der Waals surface area (Å²) in [5.41, 5.74) is 0. The molecule has 0 unspecified atom stereocenters. The molecule has 6 heteroatoms. The molecule has 0 saturated carbocycles. The van der Waals surface area contributed by atoms with Crippen LogP contribution < -0.4 is 0 Å². The third kappa shape index (κ3) is 2.04. The van der Waals surface area contributed by atoms with Gasteiger partial charge in [0.1, 0.15) is 0 Å². The summed E-state index contributed by atoms with van der Waals surface area (Å²) in [6.45, 7) is 0. The Balaban J connectivity index is 2.46. The van der Waals surface area contributed by atoms with Crippen LogP contribution in [0.25, 0.3) is 10.7 Å². The molecular formula is C7H3BrClN3S. The average Bonchev–Trinajstić information content (AvgIpc) is 2.52. The second-order valence-corrected chi connectivity index (χ2v) is 5.06. The summed E-state index contributed by atoms with van der Waals surface area (Å²) in [5, 5.41) is 7.94. The Kier molecular flexibility index (Phi) is 2.57. The fraction of sp³-hybridized carbons (Fsp3) is 0. The molecule has 3 nitrogen and oxygen atoms in total. The first-order chi connectivity index (χ1) is 6.25. The van der Waals surface area contributed by atoms with E-state index in [2.05, 4.69) is 31.1 Å². The number of hydrogen-bond acceptors (Lipinski definition) is 4. The molecule has 0 aliphatic carbocycles. The molecule has 2 aromatic rings. The molecule has 0 amide bonds. The van der Waals surface area contributed by atoms with Gasteiger partial charge in [0, 0.05) is 0 Å². The van der Waals surface area contributed by atoms with E-state index in [1.807, 2.05) is 12.1 Å². The Morgan fingerprint density at radius 2 is 2.23 bits per heavy atom. The second-order valence-electron chi connectivity index (χ2n) is 2.21. The van der Waals surface area contributed by atoms with Crippen molar-refractivity contribution in [2.45, 2.75) is 0 Å². The summed E-state index contributed by atoms with van der Waals surface area (Å²) in [4.78, 5) is 4.98. The van der Waals surface area contributed by atoms with Crippen LogP contribution in [0.1, 0.15) is 0 Å². The van der Waals surface area contributed by atoms with Gasteiger partial charge in [-0.2, -0.15) is 5.10 Å². The predicted octanol–water partition coefficient (Wildman–Crippen LogP) is 3.02. The van der Waals surface area contributed by atoms with Crippen LogP contribution in [0.3, 0.4) is 0 Å². The third-order valence-electron chi connectivity index (χ3n) is 1.32. The van der Waals surface area contributed by atoms with Gasteiger partial charge in [-0.1, -0.05) is 11.6 Å². The van der Waals surface area contributed by atoms with Crippen molar-refractivity contribution in [1.29, 1.82) is 0 Å². The quantitative estimate of drug-likeness (QED) is 0.803. The maximum absolute atomic E-state index is 5.68. The van der Waals surface area contributed by atoms with Crippen LogP contribution in [0.2, 0.25) is 5.15 Å². The zero-order valence-corrected chi connectivity index (χ0v) is 9.40. The Morgan fingerprint density at radius 1 is 1.38 bits per heavy atom. The lowest BCUT2D eigenvalue weighted by Crippen LogP contribution is -1.89. The largest absolute Gasteiger partial charge is 0.212 e. The van der Waals surface area contributed by atoms with E-state index < -0.39 is 0 Å². The van der Waals surface area contributed by atoms with Gasteiger partial charge in [0.05, 0.1) is 14.9 Å². The SMILES string of the molecule is Clc1cnnc(-c2ccc(Br)s2)n1. The standard InChI is InChI=1S/C7H3BrClN3S/c8-5-2-1-4(13-5)7-11-6(9)3-10-12-7/h1-3H. The minimum Gasteiger partial charge on any atom is -0.212 e. The highest BCUT2D eigenvalue weighted by Crippen LogP contribution is 2.28. The average molecular weight is 277 g/mol. The van der Waals surface area contributed by atoms with Crippen molar-refractivity contribution in [3.8, 4) is 10.7 Å². The summed E-state index contributed by atoms with van der Waals surface area (Å²) in [6.07, 6.45) is 1.41. The number of nitrogens with zero attached hydrogens (tertiary/aromatic N) is 3. The molecule has 0 aromatic carbocycles. The van der Waals surface area contributed by atoms with E-state index >= 15 is 0 Å². The van der Waals surface area contributed by atoms with E-state index in [4.69, 9.17) is 11.6 Å². The van der Waals surface area contributed by atoms with Crippen LogP contribution in [0.4, 0.5) is 0 Å². The number of halogens is 2. The molecule has 66 valence electrons. The summed E-state index contributed by atoms with van der Waals surface area (Å²) in [5.74, 6) is 0.559. The van der Waals surface area contributed by atoms with Crippen molar-refractivity contribution in [2.75, 3.05) is 0 Å². The number of rotatable bonds is 1. The van der Waals surface area contributed by atoms with Crippen molar-refractivity contribution in [3.05, 3.63) is 27.3 Å². The van der Waals surface area contributed by atoms with Gasteiger partial charge >= 0.3 is 0 Å². The molecule has 2 heterocycles. The molecule has 0 radical (unpaired) electrons. The van der Waals surface area contributed by atoms with E-state index in [0.29, 0.717) is 11.0 Å². The fourth-order valence-electron chi connectivity index (χ4n) is 0.822. The lowest BCUT2D eigenvalue weighted by molar-refractivity contribution is 0.984.